The van der Waals surface area contributed by atoms with Gasteiger partial charge in [-0.15, -0.1) is 10.2 Å². The third kappa shape index (κ3) is 2.81. The Morgan fingerprint density at radius 3 is 2.82 bits per heavy atom. The van der Waals surface area contributed by atoms with Crippen LogP contribution in [0, 0.1) is 5.92 Å². The van der Waals surface area contributed by atoms with Crippen LogP contribution in [0.3, 0.4) is 0 Å². The molecule has 5 nitrogen and oxygen atoms in total. The minimum absolute atomic E-state index is 0.137. The lowest BCUT2D eigenvalue weighted by atomic mass is 9.70. The maximum absolute atomic E-state index is 13.3. The van der Waals surface area contributed by atoms with Gasteiger partial charge in [0.05, 0.1) is 0 Å². The number of nitrogens with one attached hydrogen (secondary N) is 1. The number of rotatable bonds is 5. The van der Waals surface area contributed by atoms with Crippen LogP contribution in [0.15, 0.2) is 30.6 Å². The summed E-state index contributed by atoms with van der Waals surface area (Å²) in [6.07, 6.45) is 1.30. The Labute approximate surface area is 127 Å². The Bertz CT molecular complexity index is 650. The van der Waals surface area contributed by atoms with Crippen LogP contribution in [0.1, 0.15) is 30.1 Å². The van der Waals surface area contributed by atoms with Crippen LogP contribution < -0.4 is 5.32 Å². The van der Waals surface area contributed by atoms with E-state index in [0.29, 0.717) is 5.82 Å². The number of aliphatic hydroxyl groups excluding tert-OH is 1. The lowest BCUT2D eigenvalue weighted by Gasteiger charge is -2.39. The summed E-state index contributed by atoms with van der Waals surface area (Å²) in [5.74, 6) is -2.29. The molecule has 1 heterocycles. The molecule has 2 N–H and O–H groups in total. The van der Waals surface area contributed by atoms with Gasteiger partial charge in [-0.2, -0.15) is 0 Å². The summed E-state index contributed by atoms with van der Waals surface area (Å²) in [5.41, 5.74) is 1.65. The molecule has 0 aliphatic heterocycles. The second-order valence-corrected chi connectivity index (χ2v) is 5.76. The van der Waals surface area contributed by atoms with E-state index in [1.807, 2.05) is 31.3 Å². The lowest BCUT2D eigenvalue weighted by Crippen LogP contribution is -2.39. The van der Waals surface area contributed by atoms with Crippen LogP contribution in [0.25, 0.3) is 0 Å². The predicted molar refractivity (Wildman–Crippen MR) is 77.7 cm³/mol. The van der Waals surface area contributed by atoms with Crippen molar-refractivity contribution in [3.63, 3.8) is 0 Å². The maximum Gasteiger partial charge on any atom is 0.248 e. The van der Waals surface area contributed by atoms with Gasteiger partial charge in [-0.25, -0.2) is 8.78 Å². The first-order valence-electron chi connectivity index (χ1n) is 7.16. The van der Waals surface area contributed by atoms with Crippen molar-refractivity contribution in [3.8, 4) is 0 Å². The molecule has 0 spiro atoms. The predicted octanol–water partition coefficient (Wildman–Crippen LogP) is 2.35. The van der Waals surface area contributed by atoms with Crippen LogP contribution in [-0.4, -0.2) is 32.5 Å². The van der Waals surface area contributed by atoms with Crippen molar-refractivity contribution in [1.29, 1.82) is 0 Å². The van der Waals surface area contributed by atoms with E-state index < -0.39 is 5.92 Å². The van der Waals surface area contributed by atoms with Gasteiger partial charge in [-0.3, -0.25) is 0 Å². The molecule has 1 aromatic heterocycles. The van der Waals surface area contributed by atoms with E-state index in [0.717, 1.165) is 11.3 Å². The zero-order chi connectivity index (χ0) is 15.7. The SMILES string of the molecule is Cn1cnnc1C(c1cccc(NCO)c1)C1CC(F)(F)C1. The standard InChI is InChI=1S/C15H18F2N4O/c1-21-8-19-20-14(21)13(11-6-15(16,17)7-11)10-3-2-4-12(5-10)18-9-22/h2-5,8,11,13,18,22H,6-7,9H2,1H3. The molecule has 1 atom stereocenters. The van der Waals surface area contributed by atoms with Crippen LogP contribution in [0.2, 0.25) is 0 Å². The first-order chi connectivity index (χ1) is 10.5. The van der Waals surface area contributed by atoms with Gasteiger partial charge in [-0.05, 0) is 23.6 Å². The van der Waals surface area contributed by atoms with E-state index in [9.17, 15) is 8.78 Å². The van der Waals surface area contributed by atoms with Crippen molar-refractivity contribution in [2.75, 3.05) is 12.0 Å². The van der Waals surface area contributed by atoms with Crippen molar-refractivity contribution in [2.24, 2.45) is 13.0 Å². The first-order valence-corrected chi connectivity index (χ1v) is 7.16. The molecule has 1 unspecified atom stereocenters. The number of benzene rings is 1. The number of alkyl halides is 2. The number of hydrogen-bond acceptors (Lipinski definition) is 4. The Morgan fingerprint density at radius 1 is 1.45 bits per heavy atom. The van der Waals surface area contributed by atoms with Gasteiger partial charge < -0.3 is 15.0 Å². The molecule has 3 rings (SSSR count). The van der Waals surface area contributed by atoms with Crippen LogP contribution in [0.5, 0.6) is 0 Å². The van der Waals surface area contributed by atoms with E-state index in [2.05, 4.69) is 15.5 Å². The number of anilines is 1. The summed E-state index contributed by atoms with van der Waals surface area (Å²) < 4.78 is 28.4. The summed E-state index contributed by atoms with van der Waals surface area (Å²) in [6, 6.07) is 7.43. The highest BCUT2D eigenvalue weighted by Gasteiger charge is 2.50. The Kier molecular flexibility index (Phi) is 3.82. The molecule has 22 heavy (non-hydrogen) atoms. The number of aliphatic hydroxyl groups is 1. The zero-order valence-corrected chi connectivity index (χ0v) is 12.2. The van der Waals surface area contributed by atoms with Gasteiger partial charge in [0.15, 0.2) is 0 Å². The average Bonchev–Trinajstić information content (AvgIpc) is 2.84. The van der Waals surface area contributed by atoms with Gasteiger partial charge in [0.25, 0.3) is 0 Å². The molecule has 0 bridgehead atoms. The quantitative estimate of drug-likeness (QED) is 0.832. The largest absolute Gasteiger partial charge is 0.377 e. The molecule has 1 aliphatic rings. The van der Waals surface area contributed by atoms with E-state index in [-0.39, 0.29) is 31.4 Å². The monoisotopic (exact) mass is 308 g/mol. The van der Waals surface area contributed by atoms with E-state index in [4.69, 9.17) is 5.11 Å². The fourth-order valence-corrected chi connectivity index (χ4v) is 3.08. The van der Waals surface area contributed by atoms with E-state index >= 15 is 0 Å². The molecule has 2 aromatic rings. The topological polar surface area (TPSA) is 63.0 Å². The Balaban J connectivity index is 1.95. The minimum Gasteiger partial charge on any atom is -0.377 e. The molecule has 0 amide bonds. The number of nitrogens with zero attached hydrogens (tertiary/aromatic N) is 3. The summed E-state index contributed by atoms with van der Waals surface area (Å²) in [5, 5.41) is 19.8. The summed E-state index contributed by atoms with van der Waals surface area (Å²) in [4.78, 5) is 0. The van der Waals surface area contributed by atoms with Crippen LogP contribution in [-0.2, 0) is 7.05 Å². The molecular weight excluding hydrogens is 290 g/mol. The second kappa shape index (κ2) is 5.64. The fourth-order valence-electron chi connectivity index (χ4n) is 3.08. The summed E-state index contributed by atoms with van der Waals surface area (Å²) in [7, 11) is 1.81. The normalized spacial score (nSPS) is 18.7. The Morgan fingerprint density at radius 2 is 2.23 bits per heavy atom. The highest BCUT2D eigenvalue weighted by atomic mass is 19.3. The number of aryl methyl sites for hydroxylation is 1. The Hall–Kier alpha value is -2.02. The number of aromatic nitrogens is 3. The highest BCUT2D eigenvalue weighted by Crippen LogP contribution is 2.51. The third-order valence-corrected chi connectivity index (χ3v) is 4.15. The zero-order valence-electron chi connectivity index (χ0n) is 12.2. The molecular formula is C15H18F2N4O. The van der Waals surface area contributed by atoms with Gasteiger partial charge >= 0.3 is 0 Å². The van der Waals surface area contributed by atoms with Gasteiger partial charge in [0.1, 0.15) is 18.9 Å². The highest BCUT2D eigenvalue weighted by molar-refractivity contribution is 5.47. The average molecular weight is 308 g/mol. The van der Waals surface area contributed by atoms with Crippen molar-refractivity contribution < 1.29 is 13.9 Å². The van der Waals surface area contributed by atoms with Crippen molar-refractivity contribution in [2.45, 2.75) is 24.7 Å². The second-order valence-electron chi connectivity index (χ2n) is 5.76. The van der Waals surface area contributed by atoms with Gasteiger partial charge in [-0.1, -0.05) is 12.1 Å². The number of hydrogen-bond donors (Lipinski definition) is 2. The fraction of sp³-hybridized carbons (Fsp3) is 0.467. The molecule has 1 fully saturated rings. The van der Waals surface area contributed by atoms with Crippen molar-refractivity contribution in [3.05, 3.63) is 42.0 Å². The molecule has 118 valence electrons. The maximum atomic E-state index is 13.3. The molecule has 1 aromatic carbocycles. The van der Waals surface area contributed by atoms with Crippen molar-refractivity contribution >= 4 is 5.69 Å². The molecule has 0 radical (unpaired) electrons. The van der Waals surface area contributed by atoms with Gasteiger partial charge in [0.2, 0.25) is 5.92 Å². The van der Waals surface area contributed by atoms with Gasteiger partial charge in [0, 0.05) is 31.5 Å². The molecule has 1 saturated carbocycles. The van der Waals surface area contributed by atoms with Crippen molar-refractivity contribution in [1.82, 2.24) is 14.8 Å². The summed E-state index contributed by atoms with van der Waals surface area (Å²) in [6.45, 7) is -0.181. The van der Waals surface area contributed by atoms with Crippen LogP contribution >= 0.6 is 0 Å². The van der Waals surface area contributed by atoms with E-state index in [1.54, 1.807) is 10.9 Å². The smallest absolute Gasteiger partial charge is 0.248 e. The number of halogens is 2. The van der Waals surface area contributed by atoms with Crippen LogP contribution in [0.4, 0.5) is 14.5 Å². The summed E-state index contributed by atoms with van der Waals surface area (Å²) >= 11 is 0. The van der Waals surface area contributed by atoms with E-state index in [1.165, 1.54) is 0 Å². The lowest BCUT2D eigenvalue weighted by molar-refractivity contribution is -0.114. The molecule has 0 saturated heterocycles. The third-order valence-electron chi connectivity index (χ3n) is 4.15. The minimum atomic E-state index is -2.58. The molecule has 7 heteroatoms. The first kappa shape index (κ1) is 14.9. The molecule has 1 aliphatic carbocycles.